The van der Waals surface area contributed by atoms with Gasteiger partial charge >= 0.3 is 5.97 Å². The minimum atomic E-state index is -3.06. The number of hydrogen-bond donors (Lipinski definition) is 0. The molecule has 0 fully saturated rings. The first-order chi connectivity index (χ1) is 8.57. The smallest absolute Gasteiger partial charge is 0.333 e. The first kappa shape index (κ1) is 14.7. The summed E-state index contributed by atoms with van der Waals surface area (Å²) in [5, 5.41) is 0.593. The number of allylic oxidation sites excluding steroid dienone is 1. The number of methoxy groups -OCH3 is 1. The molecule has 0 aliphatic carbocycles. The Bertz CT molecular complexity index is 479. The second-order valence-corrected chi connectivity index (χ2v) is 6.20. The van der Waals surface area contributed by atoms with Crippen molar-refractivity contribution in [3.8, 4) is 0 Å². The van der Waals surface area contributed by atoms with Gasteiger partial charge in [0, 0.05) is 18.0 Å². The summed E-state index contributed by atoms with van der Waals surface area (Å²) >= 11 is 0. The van der Waals surface area contributed by atoms with Gasteiger partial charge in [-0.1, -0.05) is 24.3 Å². The molecule has 0 aliphatic heterocycles. The van der Waals surface area contributed by atoms with Crippen LogP contribution in [-0.2, 0) is 18.6 Å². The van der Waals surface area contributed by atoms with E-state index in [0.29, 0.717) is 10.9 Å². The van der Waals surface area contributed by atoms with Gasteiger partial charge in [-0.3, -0.25) is 4.57 Å². The fourth-order valence-electron chi connectivity index (χ4n) is 1.55. The molecular formula is C13H17O4P. The lowest BCUT2D eigenvalue weighted by atomic mass is 10.3. The highest BCUT2D eigenvalue weighted by molar-refractivity contribution is 7.67. The van der Waals surface area contributed by atoms with E-state index in [1.807, 2.05) is 6.07 Å². The van der Waals surface area contributed by atoms with Gasteiger partial charge in [0.25, 0.3) is 0 Å². The van der Waals surface area contributed by atoms with Crippen molar-refractivity contribution in [2.24, 2.45) is 0 Å². The van der Waals surface area contributed by atoms with Gasteiger partial charge in [0.05, 0.1) is 13.3 Å². The van der Waals surface area contributed by atoms with Crippen LogP contribution in [0.15, 0.2) is 42.0 Å². The SMILES string of the molecule is C/C=C(/CP(=O)(OC)c1ccccc1)C(=O)OC. The van der Waals surface area contributed by atoms with E-state index in [0.717, 1.165) is 0 Å². The van der Waals surface area contributed by atoms with E-state index in [-0.39, 0.29) is 6.16 Å². The number of ether oxygens (including phenoxy) is 1. The zero-order valence-corrected chi connectivity index (χ0v) is 11.6. The van der Waals surface area contributed by atoms with Gasteiger partial charge in [-0.2, -0.15) is 0 Å². The van der Waals surface area contributed by atoms with Crippen molar-refractivity contribution in [3.63, 3.8) is 0 Å². The molecule has 0 saturated carbocycles. The van der Waals surface area contributed by atoms with E-state index in [1.54, 1.807) is 37.3 Å². The predicted octanol–water partition coefficient (Wildman–Crippen LogP) is 2.36. The summed E-state index contributed by atoms with van der Waals surface area (Å²) in [5.41, 5.74) is 0.353. The van der Waals surface area contributed by atoms with Crippen molar-refractivity contribution in [2.75, 3.05) is 20.4 Å². The van der Waals surface area contributed by atoms with Gasteiger partial charge in [0.2, 0.25) is 7.37 Å². The molecule has 5 heteroatoms. The third-order valence-electron chi connectivity index (χ3n) is 2.62. The zero-order chi connectivity index (χ0) is 13.6. The van der Waals surface area contributed by atoms with Gasteiger partial charge in [-0.05, 0) is 19.1 Å². The van der Waals surface area contributed by atoms with Crippen LogP contribution in [0.4, 0.5) is 0 Å². The number of carbonyl (C=O) groups is 1. The largest absolute Gasteiger partial charge is 0.466 e. The van der Waals surface area contributed by atoms with Crippen molar-refractivity contribution < 1.29 is 18.6 Å². The van der Waals surface area contributed by atoms with E-state index in [4.69, 9.17) is 4.52 Å². The fraction of sp³-hybridized carbons (Fsp3) is 0.308. The summed E-state index contributed by atoms with van der Waals surface area (Å²) < 4.78 is 22.5. The Morgan fingerprint density at radius 2 is 1.89 bits per heavy atom. The van der Waals surface area contributed by atoms with Crippen LogP contribution in [0.1, 0.15) is 6.92 Å². The lowest BCUT2D eigenvalue weighted by Crippen LogP contribution is -2.15. The second-order valence-electron chi connectivity index (χ2n) is 3.66. The monoisotopic (exact) mass is 268 g/mol. The van der Waals surface area contributed by atoms with Crippen LogP contribution in [-0.4, -0.2) is 26.4 Å². The maximum atomic E-state index is 12.7. The van der Waals surface area contributed by atoms with Crippen molar-refractivity contribution in [1.29, 1.82) is 0 Å². The summed E-state index contributed by atoms with van der Waals surface area (Å²) in [6, 6.07) is 8.87. The average Bonchev–Trinajstić information content (AvgIpc) is 2.44. The number of carbonyl (C=O) groups excluding carboxylic acids is 1. The van der Waals surface area contributed by atoms with Crippen LogP contribution >= 0.6 is 7.37 Å². The minimum absolute atomic E-state index is 0.0384. The molecular weight excluding hydrogens is 251 g/mol. The molecule has 98 valence electrons. The van der Waals surface area contributed by atoms with Crippen LogP contribution in [0.2, 0.25) is 0 Å². The molecule has 0 aromatic heterocycles. The van der Waals surface area contributed by atoms with E-state index < -0.39 is 13.3 Å². The van der Waals surface area contributed by atoms with Crippen LogP contribution < -0.4 is 5.30 Å². The van der Waals surface area contributed by atoms with Crippen LogP contribution in [0.3, 0.4) is 0 Å². The van der Waals surface area contributed by atoms with Crippen molar-refractivity contribution in [3.05, 3.63) is 42.0 Å². The van der Waals surface area contributed by atoms with Crippen LogP contribution in [0.25, 0.3) is 0 Å². The Morgan fingerprint density at radius 1 is 1.28 bits per heavy atom. The Kier molecular flexibility index (Phi) is 5.32. The quantitative estimate of drug-likeness (QED) is 0.467. The maximum Gasteiger partial charge on any atom is 0.333 e. The van der Waals surface area contributed by atoms with Crippen molar-refractivity contribution in [1.82, 2.24) is 0 Å². The molecule has 4 nitrogen and oxygen atoms in total. The summed E-state index contributed by atoms with van der Waals surface area (Å²) in [4.78, 5) is 11.5. The summed E-state index contributed by atoms with van der Waals surface area (Å²) in [5.74, 6) is -0.481. The van der Waals surface area contributed by atoms with Crippen molar-refractivity contribution in [2.45, 2.75) is 6.92 Å². The molecule has 1 aromatic rings. The summed E-state index contributed by atoms with van der Waals surface area (Å²) in [6.45, 7) is 1.71. The van der Waals surface area contributed by atoms with Gasteiger partial charge in [0.1, 0.15) is 0 Å². The topological polar surface area (TPSA) is 52.6 Å². The molecule has 1 atom stereocenters. The third kappa shape index (κ3) is 3.31. The van der Waals surface area contributed by atoms with Gasteiger partial charge in [0.15, 0.2) is 0 Å². The first-order valence-electron chi connectivity index (χ1n) is 5.51. The molecule has 0 aliphatic rings. The maximum absolute atomic E-state index is 12.7. The fourth-order valence-corrected chi connectivity index (χ4v) is 3.45. The van der Waals surface area contributed by atoms with Crippen LogP contribution in [0, 0.1) is 0 Å². The molecule has 0 N–H and O–H groups in total. The van der Waals surface area contributed by atoms with E-state index in [1.165, 1.54) is 14.2 Å². The van der Waals surface area contributed by atoms with E-state index in [9.17, 15) is 9.36 Å². The molecule has 18 heavy (non-hydrogen) atoms. The zero-order valence-electron chi connectivity index (χ0n) is 10.8. The summed E-state index contributed by atoms with van der Waals surface area (Å²) in [6.07, 6.45) is 1.64. The molecule has 0 radical (unpaired) electrons. The molecule has 1 aromatic carbocycles. The number of benzene rings is 1. The molecule has 0 spiro atoms. The Labute approximate surface area is 107 Å². The Morgan fingerprint density at radius 3 is 2.33 bits per heavy atom. The first-order valence-corrected chi connectivity index (χ1v) is 7.32. The van der Waals surface area contributed by atoms with E-state index >= 15 is 0 Å². The molecule has 0 bridgehead atoms. The minimum Gasteiger partial charge on any atom is -0.466 e. The van der Waals surface area contributed by atoms with Gasteiger partial charge < -0.3 is 9.26 Å². The lowest BCUT2D eigenvalue weighted by Gasteiger charge is -2.17. The second kappa shape index (κ2) is 6.53. The van der Waals surface area contributed by atoms with Crippen molar-refractivity contribution >= 4 is 18.6 Å². The lowest BCUT2D eigenvalue weighted by molar-refractivity contribution is -0.136. The standard InChI is InChI=1S/C13H17O4P/c1-4-11(13(14)16-2)10-18(15,17-3)12-8-6-5-7-9-12/h4-9H,10H2,1-3H3/b11-4-. The summed E-state index contributed by atoms with van der Waals surface area (Å²) in [7, 11) is -0.377. The van der Waals surface area contributed by atoms with Gasteiger partial charge in [-0.25, -0.2) is 4.79 Å². The highest BCUT2D eigenvalue weighted by Crippen LogP contribution is 2.46. The molecule has 0 heterocycles. The molecule has 1 rings (SSSR count). The number of rotatable bonds is 5. The third-order valence-corrected chi connectivity index (χ3v) is 5.05. The number of esters is 1. The van der Waals surface area contributed by atoms with Crippen LogP contribution in [0.5, 0.6) is 0 Å². The van der Waals surface area contributed by atoms with E-state index in [2.05, 4.69) is 4.74 Å². The number of hydrogen-bond acceptors (Lipinski definition) is 4. The molecule has 0 saturated heterocycles. The average molecular weight is 268 g/mol. The Balaban J connectivity index is 3.04. The van der Waals surface area contributed by atoms with Gasteiger partial charge in [-0.15, -0.1) is 0 Å². The Hall–Kier alpha value is -1.38. The highest BCUT2D eigenvalue weighted by atomic mass is 31.2. The normalized spacial score (nSPS) is 14.9. The highest BCUT2D eigenvalue weighted by Gasteiger charge is 2.28. The molecule has 0 amide bonds. The molecule has 1 unspecified atom stereocenters. The predicted molar refractivity (Wildman–Crippen MR) is 71.3 cm³/mol.